The Morgan fingerprint density at radius 2 is 2.13 bits per heavy atom. The smallest absolute Gasteiger partial charge is 0.270 e. The van der Waals surface area contributed by atoms with Gasteiger partial charge in [-0.2, -0.15) is 0 Å². The number of rotatable bonds is 2. The predicted molar refractivity (Wildman–Crippen MR) is 50.1 cm³/mol. The molecule has 0 spiro atoms. The maximum atomic E-state index is 13.3. The van der Waals surface area contributed by atoms with Gasteiger partial charge in [0.1, 0.15) is 12.1 Å². The summed E-state index contributed by atoms with van der Waals surface area (Å²) in [7, 11) is 0. The van der Waals surface area contributed by atoms with E-state index in [1.165, 1.54) is 19.3 Å². The molecular formula is C11H9FO3. The highest BCUT2D eigenvalue weighted by molar-refractivity contribution is 5.91. The summed E-state index contributed by atoms with van der Waals surface area (Å²) in [4.78, 5) is 10.9. The summed E-state index contributed by atoms with van der Waals surface area (Å²) in [6.07, 6.45) is 0.351. The van der Waals surface area contributed by atoms with E-state index in [-0.39, 0.29) is 17.1 Å². The summed E-state index contributed by atoms with van der Waals surface area (Å²) in [5, 5.41) is 0. The Morgan fingerprint density at radius 3 is 2.73 bits per heavy atom. The zero-order chi connectivity index (χ0) is 10.8. The van der Waals surface area contributed by atoms with Crippen LogP contribution in [0.5, 0.6) is 0 Å². The van der Waals surface area contributed by atoms with Crippen molar-refractivity contribution in [3.05, 3.63) is 47.7 Å². The van der Waals surface area contributed by atoms with Crippen molar-refractivity contribution in [2.75, 3.05) is 0 Å². The van der Waals surface area contributed by atoms with Gasteiger partial charge in [-0.3, -0.25) is 4.79 Å². The molecule has 0 saturated carbocycles. The van der Waals surface area contributed by atoms with Crippen molar-refractivity contribution in [1.82, 2.24) is 0 Å². The molecule has 1 atom stereocenters. The molecule has 0 bridgehead atoms. The van der Waals surface area contributed by atoms with E-state index in [2.05, 4.69) is 0 Å². The molecule has 15 heavy (non-hydrogen) atoms. The molecule has 0 fully saturated rings. The number of Topliss-reactive ketones (excluding diaryl/α,β-unsaturated/α-hetero) is 1. The Kier molecular flexibility index (Phi) is 2.41. The van der Waals surface area contributed by atoms with E-state index in [4.69, 9.17) is 9.47 Å². The highest BCUT2D eigenvalue weighted by Gasteiger charge is 2.26. The zero-order valence-corrected chi connectivity index (χ0v) is 8.07. The lowest BCUT2D eigenvalue weighted by atomic mass is 10.2. The first-order valence-electron chi connectivity index (χ1n) is 4.46. The first-order valence-corrected chi connectivity index (χ1v) is 4.46. The van der Waals surface area contributed by atoms with Crippen molar-refractivity contribution in [2.45, 2.75) is 13.2 Å². The third-order valence-corrected chi connectivity index (χ3v) is 2.04. The van der Waals surface area contributed by atoms with E-state index < -0.39 is 12.1 Å². The van der Waals surface area contributed by atoms with Gasteiger partial charge in [0.05, 0.1) is 5.56 Å². The van der Waals surface area contributed by atoms with E-state index in [1.807, 2.05) is 0 Å². The molecule has 0 aromatic heterocycles. The summed E-state index contributed by atoms with van der Waals surface area (Å²) in [6, 6.07) is 6.12. The quantitative estimate of drug-likeness (QED) is 0.748. The fourth-order valence-corrected chi connectivity index (χ4v) is 1.26. The SMILES string of the molecule is CC(=O)C1=COC(c2ccccc2F)O1. The van der Waals surface area contributed by atoms with Crippen molar-refractivity contribution < 1.29 is 18.7 Å². The molecule has 0 radical (unpaired) electrons. The molecule has 1 unspecified atom stereocenters. The van der Waals surface area contributed by atoms with Crippen LogP contribution in [0, 0.1) is 5.82 Å². The molecule has 0 aliphatic carbocycles. The van der Waals surface area contributed by atoms with Crippen molar-refractivity contribution >= 4 is 5.78 Å². The first-order chi connectivity index (χ1) is 7.18. The molecule has 0 N–H and O–H groups in total. The molecule has 4 heteroatoms. The molecule has 1 aliphatic rings. The van der Waals surface area contributed by atoms with Crippen LogP contribution in [0.1, 0.15) is 18.8 Å². The van der Waals surface area contributed by atoms with Crippen LogP contribution in [0.15, 0.2) is 36.3 Å². The van der Waals surface area contributed by atoms with E-state index >= 15 is 0 Å². The number of halogens is 1. The lowest BCUT2D eigenvalue weighted by Gasteiger charge is -2.11. The predicted octanol–water partition coefficient (Wildman–Crippen LogP) is 2.30. The Bertz CT molecular complexity index is 426. The summed E-state index contributed by atoms with van der Waals surface area (Å²) in [5.74, 6) is -0.544. The number of carbonyl (C=O) groups is 1. The number of hydrogen-bond donors (Lipinski definition) is 0. The van der Waals surface area contributed by atoms with E-state index in [1.54, 1.807) is 18.2 Å². The van der Waals surface area contributed by atoms with E-state index in [0.29, 0.717) is 0 Å². The van der Waals surface area contributed by atoms with Crippen molar-refractivity contribution in [3.8, 4) is 0 Å². The second-order valence-corrected chi connectivity index (χ2v) is 3.15. The molecular weight excluding hydrogens is 199 g/mol. The minimum Gasteiger partial charge on any atom is -0.454 e. The van der Waals surface area contributed by atoms with E-state index in [9.17, 15) is 9.18 Å². The number of hydrogen-bond acceptors (Lipinski definition) is 3. The van der Waals surface area contributed by atoms with Crippen LogP contribution in [-0.2, 0) is 14.3 Å². The van der Waals surface area contributed by atoms with Crippen molar-refractivity contribution in [2.24, 2.45) is 0 Å². The van der Waals surface area contributed by atoms with Crippen LogP contribution in [0.4, 0.5) is 4.39 Å². The highest BCUT2D eigenvalue weighted by atomic mass is 19.1. The summed E-state index contributed by atoms with van der Waals surface area (Å²) in [6.45, 7) is 1.36. The van der Waals surface area contributed by atoms with Gasteiger partial charge in [-0.1, -0.05) is 12.1 Å². The van der Waals surface area contributed by atoms with Crippen LogP contribution in [0.2, 0.25) is 0 Å². The zero-order valence-electron chi connectivity index (χ0n) is 8.07. The maximum absolute atomic E-state index is 13.3. The standard InChI is InChI=1S/C11H9FO3/c1-7(13)10-6-14-11(15-10)8-4-2-3-5-9(8)12/h2-6,11H,1H3. The fraction of sp³-hybridized carbons (Fsp3) is 0.182. The average molecular weight is 208 g/mol. The summed E-state index contributed by atoms with van der Waals surface area (Å²) >= 11 is 0. The molecule has 0 amide bonds. The molecule has 3 nitrogen and oxygen atoms in total. The molecule has 1 aromatic rings. The van der Waals surface area contributed by atoms with Gasteiger partial charge in [-0.15, -0.1) is 0 Å². The Labute approximate surface area is 86.1 Å². The van der Waals surface area contributed by atoms with E-state index in [0.717, 1.165) is 0 Å². The number of ether oxygens (including phenoxy) is 2. The third-order valence-electron chi connectivity index (χ3n) is 2.04. The van der Waals surface area contributed by atoms with Crippen LogP contribution in [-0.4, -0.2) is 5.78 Å². The van der Waals surface area contributed by atoms with Gasteiger partial charge < -0.3 is 9.47 Å². The van der Waals surface area contributed by atoms with Crippen LogP contribution in [0.3, 0.4) is 0 Å². The monoisotopic (exact) mass is 208 g/mol. The first kappa shape index (κ1) is 9.71. The third kappa shape index (κ3) is 1.83. The number of allylic oxidation sites excluding steroid dienone is 1. The van der Waals surface area contributed by atoms with Gasteiger partial charge in [-0.05, 0) is 12.1 Å². The van der Waals surface area contributed by atoms with Crippen LogP contribution < -0.4 is 0 Å². The average Bonchev–Trinajstić information content (AvgIpc) is 2.67. The van der Waals surface area contributed by atoms with Gasteiger partial charge in [-0.25, -0.2) is 4.39 Å². The lowest BCUT2D eigenvalue weighted by Crippen LogP contribution is -2.04. The van der Waals surface area contributed by atoms with Gasteiger partial charge in [0.15, 0.2) is 5.78 Å². The van der Waals surface area contributed by atoms with Gasteiger partial charge in [0, 0.05) is 6.92 Å². The molecule has 1 aromatic carbocycles. The Balaban J connectivity index is 2.17. The Morgan fingerprint density at radius 1 is 1.40 bits per heavy atom. The van der Waals surface area contributed by atoms with Gasteiger partial charge >= 0.3 is 0 Å². The minimum absolute atomic E-state index is 0.114. The summed E-state index contributed by atoms with van der Waals surface area (Å²) in [5.41, 5.74) is 0.282. The molecule has 1 heterocycles. The Hall–Kier alpha value is -1.84. The highest BCUT2D eigenvalue weighted by Crippen LogP contribution is 2.29. The number of benzene rings is 1. The minimum atomic E-state index is -0.856. The topological polar surface area (TPSA) is 35.5 Å². The van der Waals surface area contributed by atoms with Gasteiger partial charge in [0.2, 0.25) is 5.76 Å². The van der Waals surface area contributed by atoms with Crippen molar-refractivity contribution in [3.63, 3.8) is 0 Å². The lowest BCUT2D eigenvalue weighted by molar-refractivity contribution is -0.119. The molecule has 2 rings (SSSR count). The van der Waals surface area contributed by atoms with Crippen LogP contribution >= 0.6 is 0 Å². The molecule has 0 saturated heterocycles. The number of ketones is 1. The second-order valence-electron chi connectivity index (χ2n) is 3.15. The molecule has 1 aliphatic heterocycles. The summed E-state index contributed by atoms with van der Waals surface area (Å²) < 4.78 is 23.5. The van der Waals surface area contributed by atoms with Gasteiger partial charge in [0.25, 0.3) is 6.29 Å². The largest absolute Gasteiger partial charge is 0.454 e. The second kappa shape index (κ2) is 3.73. The van der Waals surface area contributed by atoms with Crippen LogP contribution in [0.25, 0.3) is 0 Å². The van der Waals surface area contributed by atoms with Crippen molar-refractivity contribution in [1.29, 1.82) is 0 Å². The maximum Gasteiger partial charge on any atom is 0.270 e. The number of carbonyl (C=O) groups excluding carboxylic acids is 1. The normalized spacial score (nSPS) is 19.1. The molecule has 78 valence electrons. The fourth-order valence-electron chi connectivity index (χ4n) is 1.26.